The summed E-state index contributed by atoms with van der Waals surface area (Å²) in [6.07, 6.45) is 0. The van der Waals surface area contributed by atoms with Crippen LogP contribution in [0.3, 0.4) is 0 Å². The number of hydrogen-bond donors (Lipinski definition) is 2. The molecule has 1 heterocycles. The Morgan fingerprint density at radius 2 is 1.65 bits per heavy atom. The zero-order valence-corrected chi connectivity index (χ0v) is 14.7. The van der Waals surface area contributed by atoms with Crippen molar-refractivity contribution >= 4 is 33.2 Å². The molecule has 7 nitrogen and oxygen atoms in total. The van der Waals surface area contributed by atoms with Gasteiger partial charge in [0.25, 0.3) is 10.0 Å². The molecule has 2 aromatic rings. The number of anilines is 1. The quantitative estimate of drug-likeness (QED) is 0.856. The number of ketones is 1. The van der Waals surface area contributed by atoms with Crippen LogP contribution in [0.4, 0.5) is 5.69 Å². The van der Waals surface area contributed by atoms with E-state index in [9.17, 15) is 23.1 Å². The Kier molecular flexibility index (Phi) is 4.52. The van der Waals surface area contributed by atoms with Gasteiger partial charge in [0, 0.05) is 18.2 Å². The molecule has 2 aromatic carbocycles. The first-order chi connectivity index (χ1) is 12.3. The highest BCUT2D eigenvalue weighted by Gasteiger charge is 2.39. The fourth-order valence-electron chi connectivity index (χ4n) is 2.73. The molecule has 0 bridgehead atoms. The van der Waals surface area contributed by atoms with Crippen molar-refractivity contribution in [1.82, 2.24) is 4.31 Å². The lowest BCUT2D eigenvalue weighted by atomic mass is 10.1. The van der Waals surface area contributed by atoms with Crippen molar-refractivity contribution in [3.63, 3.8) is 0 Å². The number of carbonyl (C=O) groups is 2. The van der Waals surface area contributed by atoms with Crippen molar-refractivity contribution in [2.24, 2.45) is 0 Å². The third-order valence-corrected chi connectivity index (χ3v) is 5.67. The van der Waals surface area contributed by atoms with Crippen LogP contribution in [0.2, 0.25) is 0 Å². The molecule has 1 aliphatic heterocycles. The SMILES string of the molecule is CC(=O)C1=C(O)c2ccccc2S(=O)(=O)N1CC(=O)Nc1ccccc1. The van der Waals surface area contributed by atoms with E-state index in [1.54, 1.807) is 36.4 Å². The van der Waals surface area contributed by atoms with Gasteiger partial charge < -0.3 is 10.4 Å². The van der Waals surface area contributed by atoms with Gasteiger partial charge in [0.2, 0.25) is 5.91 Å². The maximum absolute atomic E-state index is 12.9. The first kappa shape index (κ1) is 17.7. The van der Waals surface area contributed by atoms with Gasteiger partial charge in [-0.1, -0.05) is 30.3 Å². The lowest BCUT2D eigenvalue weighted by Crippen LogP contribution is -2.42. The van der Waals surface area contributed by atoms with Crippen LogP contribution in [0.5, 0.6) is 0 Å². The highest BCUT2D eigenvalue weighted by Crippen LogP contribution is 2.35. The molecule has 134 valence electrons. The summed E-state index contributed by atoms with van der Waals surface area (Å²) in [5.74, 6) is -1.76. The molecule has 3 rings (SSSR count). The van der Waals surface area contributed by atoms with Crippen LogP contribution >= 0.6 is 0 Å². The van der Waals surface area contributed by atoms with Crippen LogP contribution in [0.25, 0.3) is 5.76 Å². The third-order valence-electron chi connectivity index (χ3n) is 3.86. The highest BCUT2D eigenvalue weighted by molar-refractivity contribution is 7.89. The van der Waals surface area contributed by atoms with Crippen LogP contribution in [0.1, 0.15) is 12.5 Å². The van der Waals surface area contributed by atoms with Gasteiger partial charge in [-0.3, -0.25) is 9.59 Å². The zero-order chi connectivity index (χ0) is 18.9. The molecular formula is C18H16N2O5S. The number of carbonyl (C=O) groups excluding carboxylic acids is 2. The zero-order valence-electron chi connectivity index (χ0n) is 13.8. The summed E-state index contributed by atoms with van der Waals surface area (Å²) in [6.45, 7) is 0.502. The minimum Gasteiger partial charge on any atom is -0.505 e. The standard InChI is InChI=1S/C18H16N2O5S/c1-12(21)17-18(23)14-9-5-6-10-15(14)26(24,25)20(17)11-16(22)19-13-7-3-2-4-8-13/h2-10,23H,11H2,1H3,(H,19,22). The van der Waals surface area contributed by atoms with E-state index in [0.29, 0.717) is 9.99 Å². The first-order valence-electron chi connectivity index (χ1n) is 7.73. The van der Waals surface area contributed by atoms with Crippen LogP contribution < -0.4 is 5.32 Å². The number of nitrogens with one attached hydrogen (secondary N) is 1. The summed E-state index contributed by atoms with van der Waals surface area (Å²) < 4.78 is 26.4. The van der Waals surface area contributed by atoms with E-state index >= 15 is 0 Å². The number of rotatable bonds is 4. The number of sulfonamides is 1. The van der Waals surface area contributed by atoms with Crippen LogP contribution in [0.15, 0.2) is 65.2 Å². The molecule has 0 unspecified atom stereocenters. The Balaban J connectivity index is 2.01. The van der Waals surface area contributed by atoms with E-state index in [1.807, 2.05) is 0 Å². The first-order valence-corrected chi connectivity index (χ1v) is 9.17. The fourth-order valence-corrected chi connectivity index (χ4v) is 4.40. The average molecular weight is 372 g/mol. The molecule has 0 fully saturated rings. The number of nitrogens with zero attached hydrogens (tertiary/aromatic N) is 1. The van der Waals surface area contributed by atoms with Gasteiger partial charge in [0.05, 0.1) is 4.90 Å². The number of aliphatic hydroxyl groups is 1. The summed E-state index contributed by atoms with van der Waals surface area (Å²) in [5.41, 5.74) is 0.106. The topological polar surface area (TPSA) is 104 Å². The number of fused-ring (bicyclic) bond motifs is 1. The Morgan fingerprint density at radius 3 is 2.31 bits per heavy atom. The van der Waals surface area contributed by atoms with Gasteiger partial charge in [-0.25, -0.2) is 12.7 Å². The minimum absolute atomic E-state index is 0.0393. The van der Waals surface area contributed by atoms with Gasteiger partial charge >= 0.3 is 0 Å². The number of para-hydroxylation sites is 1. The van der Waals surface area contributed by atoms with Crippen LogP contribution in [0, 0.1) is 0 Å². The van der Waals surface area contributed by atoms with Crippen molar-refractivity contribution in [2.75, 3.05) is 11.9 Å². The smallest absolute Gasteiger partial charge is 0.265 e. The Bertz CT molecular complexity index is 1010. The Morgan fingerprint density at radius 1 is 1.04 bits per heavy atom. The number of Topliss-reactive ketones (excluding diaryl/α,β-unsaturated/α-hetero) is 1. The maximum atomic E-state index is 12.9. The van der Waals surface area contributed by atoms with Gasteiger partial charge in [0.1, 0.15) is 12.2 Å². The van der Waals surface area contributed by atoms with Crippen molar-refractivity contribution in [3.05, 3.63) is 65.9 Å². The molecule has 0 aromatic heterocycles. The predicted molar refractivity (Wildman–Crippen MR) is 95.6 cm³/mol. The molecule has 0 radical (unpaired) electrons. The maximum Gasteiger partial charge on any atom is 0.265 e. The second-order valence-corrected chi connectivity index (χ2v) is 7.51. The molecule has 0 aliphatic carbocycles. The molecule has 2 N–H and O–H groups in total. The van der Waals surface area contributed by atoms with Gasteiger partial charge in [0.15, 0.2) is 11.5 Å². The molecule has 1 aliphatic rings. The van der Waals surface area contributed by atoms with Gasteiger partial charge in [-0.2, -0.15) is 0 Å². The molecule has 8 heteroatoms. The van der Waals surface area contributed by atoms with Crippen molar-refractivity contribution in [2.45, 2.75) is 11.8 Å². The fraction of sp³-hybridized carbons (Fsp3) is 0.111. The van der Waals surface area contributed by atoms with E-state index in [1.165, 1.54) is 18.2 Å². The third kappa shape index (κ3) is 3.06. The van der Waals surface area contributed by atoms with E-state index in [4.69, 9.17) is 0 Å². The molecule has 0 saturated carbocycles. The number of allylic oxidation sites excluding steroid dienone is 1. The number of aliphatic hydroxyl groups excluding tert-OH is 1. The molecule has 1 amide bonds. The molecule has 0 spiro atoms. The summed E-state index contributed by atoms with van der Waals surface area (Å²) in [6, 6.07) is 14.3. The molecule has 26 heavy (non-hydrogen) atoms. The summed E-state index contributed by atoms with van der Waals surface area (Å²) in [7, 11) is -4.16. The molecule has 0 saturated heterocycles. The number of amides is 1. The van der Waals surface area contributed by atoms with E-state index in [2.05, 4.69) is 5.32 Å². The Hall–Kier alpha value is -3.13. The van der Waals surface area contributed by atoms with Gasteiger partial charge in [-0.15, -0.1) is 0 Å². The van der Waals surface area contributed by atoms with Crippen LogP contribution in [-0.2, 0) is 19.6 Å². The highest BCUT2D eigenvalue weighted by atomic mass is 32.2. The van der Waals surface area contributed by atoms with E-state index < -0.39 is 39.7 Å². The van der Waals surface area contributed by atoms with Crippen molar-refractivity contribution in [3.8, 4) is 0 Å². The summed E-state index contributed by atoms with van der Waals surface area (Å²) in [4.78, 5) is 24.2. The average Bonchev–Trinajstić information content (AvgIpc) is 2.60. The second kappa shape index (κ2) is 6.64. The largest absolute Gasteiger partial charge is 0.505 e. The van der Waals surface area contributed by atoms with Gasteiger partial charge in [-0.05, 0) is 24.3 Å². The summed E-state index contributed by atoms with van der Waals surface area (Å²) >= 11 is 0. The predicted octanol–water partition coefficient (Wildman–Crippen LogP) is 2.15. The van der Waals surface area contributed by atoms with Crippen LogP contribution in [-0.4, -0.2) is 36.1 Å². The van der Waals surface area contributed by atoms with E-state index in [-0.39, 0.29) is 10.5 Å². The van der Waals surface area contributed by atoms with Crippen molar-refractivity contribution in [1.29, 1.82) is 0 Å². The number of hydrogen-bond acceptors (Lipinski definition) is 5. The van der Waals surface area contributed by atoms with Crippen molar-refractivity contribution < 1.29 is 23.1 Å². The lowest BCUT2D eigenvalue weighted by molar-refractivity contribution is -0.117. The van der Waals surface area contributed by atoms with E-state index in [0.717, 1.165) is 6.92 Å². The second-order valence-electron chi connectivity index (χ2n) is 5.68. The lowest BCUT2D eigenvalue weighted by Gasteiger charge is -2.30. The summed E-state index contributed by atoms with van der Waals surface area (Å²) in [5, 5.41) is 13.0. The monoisotopic (exact) mass is 372 g/mol. The Labute approximate surface area is 150 Å². The minimum atomic E-state index is -4.16. The molecular weight excluding hydrogens is 356 g/mol. The number of benzene rings is 2. The molecule has 0 atom stereocenters. The normalized spacial score (nSPS) is 15.3.